The Bertz CT molecular complexity index is 591. The van der Waals surface area contributed by atoms with Gasteiger partial charge in [0.1, 0.15) is 11.5 Å². The van der Waals surface area contributed by atoms with Crippen LogP contribution in [0.3, 0.4) is 0 Å². The van der Waals surface area contributed by atoms with E-state index in [0.717, 1.165) is 28.3 Å². The highest BCUT2D eigenvalue weighted by Crippen LogP contribution is 2.30. The summed E-state index contributed by atoms with van der Waals surface area (Å²) in [7, 11) is 1.61. The fraction of sp³-hybridized carbons (Fsp3) is 0.333. The van der Waals surface area contributed by atoms with Crippen molar-refractivity contribution in [3.63, 3.8) is 0 Å². The number of para-hydroxylation sites is 1. The summed E-state index contributed by atoms with van der Waals surface area (Å²) in [5.41, 5.74) is 2.73. The third kappa shape index (κ3) is 2.60. The van der Waals surface area contributed by atoms with E-state index in [9.17, 15) is 5.26 Å². The Kier molecular flexibility index (Phi) is 3.86. The van der Waals surface area contributed by atoms with Gasteiger partial charge in [0.2, 0.25) is 0 Å². The number of ether oxygens (including phenoxy) is 1. The Morgan fingerprint density at radius 1 is 1.37 bits per heavy atom. The number of methoxy groups -OCH3 is 1. The minimum atomic E-state index is -0.270. The number of hydrogen-bond acceptors (Lipinski definition) is 4. The quantitative estimate of drug-likeness (QED) is 0.843. The number of benzene rings is 1. The van der Waals surface area contributed by atoms with Gasteiger partial charge in [-0.15, -0.1) is 0 Å². The maximum Gasteiger partial charge on any atom is 0.137 e. The molecule has 1 heterocycles. The van der Waals surface area contributed by atoms with Gasteiger partial charge in [-0.05, 0) is 26.3 Å². The lowest BCUT2D eigenvalue weighted by Gasteiger charge is -2.13. The summed E-state index contributed by atoms with van der Waals surface area (Å²) < 4.78 is 10.5. The number of aromatic nitrogens is 1. The molecule has 19 heavy (non-hydrogen) atoms. The molecule has 1 aromatic heterocycles. The SMILES string of the molecule is COc1ccccc1C(C#N)Cc1c(C)noc1C. The molecule has 0 saturated carbocycles. The van der Waals surface area contributed by atoms with E-state index in [0.29, 0.717) is 6.42 Å². The van der Waals surface area contributed by atoms with Crippen molar-refractivity contribution < 1.29 is 9.26 Å². The Hall–Kier alpha value is -2.28. The zero-order chi connectivity index (χ0) is 13.8. The Balaban J connectivity index is 2.34. The zero-order valence-corrected chi connectivity index (χ0v) is 11.3. The van der Waals surface area contributed by atoms with Crippen LogP contribution in [0.2, 0.25) is 0 Å². The highest BCUT2D eigenvalue weighted by Gasteiger charge is 2.20. The van der Waals surface area contributed by atoms with Gasteiger partial charge in [-0.1, -0.05) is 23.4 Å². The molecule has 0 aliphatic carbocycles. The zero-order valence-electron chi connectivity index (χ0n) is 11.3. The largest absolute Gasteiger partial charge is 0.496 e. The molecular weight excluding hydrogens is 240 g/mol. The van der Waals surface area contributed by atoms with Crippen molar-refractivity contribution in [3.8, 4) is 11.8 Å². The van der Waals surface area contributed by atoms with Crippen molar-refractivity contribution in [1.82, 2.24) is 5.16 Å². The van der Waals surface area contributed by atoms with Crippen molar-refractivity contribution in [2.24, 2.45) is 0 Å². The van der Waals surface area contributed by atoms with Crippen LogP contribution in [-0.4, -0.2) is 12.3 Å². The predicted octanol–water partition coefficient (Wildman–Crippen LogP) is 3.15. The third-order valence-electron chi connectivity index (χ3n) is 3.26. The number of hydrogen-bond donors (Lipinski definition) is 0. The second-order valence-corrected chi connectivity index (χ2v) is 4.43. The van der Waals surface area contributed by atoms with Gasteiger partial charge in [0, 0.05) is 11.1 Å². The molecule has 0 N–H and O–H groups in total. The highest BCUT2D eigenvalue weighted by atomic mass is 16.5. The standard InChI is InChI=1S/C15H16N2O2/c1-10-14(11(2)19-17-10)8-12(9-16)13-6-4-5-7-15(13)18-3/h4-7,12H,8H2,1-3H3. The van der Waals surface area contributed by atoms with E-state index in [1.807, 2.05) is 38.1 Å². The monoisotopic (exact) mass is 256 g/mol. The second-order valence-electron chi connectivity index (χ2n) is 4.43. The van der Waals surface area contributed by atoms with Crippen LogP contribution in [-0.2, 0) is 6.42 Å². The van der Waals surface area contributed by atoms with Crippen LogP contribution in [0, 0.1) is 25.2 Å². The summed E-state index contributed by atoms with van der Waals surface area (Å²) in [5, 5.41) is 13.3. The summed E-state index contributed by atoms with van der Waals surface area (Å²) in [4.78, 5) is 0. The molecule has 0 aliphatic heterocycles. The minimum absolute atomic E-state index is 0.270. The molecule has 4 heteroatoms. The Morgan fingerprint density at radius 2 is 2.11 bits per heavy atom. The lowest BCUT2D eigenvalue weighted by Crippen LogP contribution is -2.04. The van der Waals surface area contributed by atoms with Gasteiger partial charge in [-0.25, -0.2) is 0 Å². The molecule has 2 rings (SSSR count). The maximum absolute atomic E-state index is 9.42. The van der Waals surface area contributed by atoms with Crippen molar-refractivity contribution in [3.05, 3.63) is 46.8 Å². The van der Waals surface area contributed by atoms with E-state index >= 15 is 0 Å². The Labute approximate surface area is 112 Å². The number of nitrogens with zero attached hydrogens (tertiary/aromatic N) is 2. The molecule has 0 radical (unpaired) electrons. The summed E-state index contributed by atoms with van der Waals surface area (Å²) >= 11 is 0. The topological polar surface area (TPSA) is 59.0 Å². The van der Waals surface area contributed by atoms with Gasteiger partial charge in [0.15, 0.2) is 0 Å². The van der Waals surface area contributed by atoms with Gasteiger partial charge in [-0.2, -0.15) is 5.26 Å². The molecular formula is C15H16N2O2. The predicted molar refractivity (Wildman–Crippen MR) is 71.0 cm³/mol. The van der Waals surface area contributed by atoms with Crippen LogP contribution in [0.5, 0.6) is 5.75 Å². The van der Waals surface area contributed by atoms with Crippen molar-refractivity contribution in [1.29, 1.82) is 5.26 Å². The molecule has 2 aromatic rings. The molecule has 0 aliphatic rings. The fourth-order valence-electron chi connectivity index (χ4n) is 2.18. The number of nitriles is 1. The summed E-state index contributed by atoms with van der Waals surface area (Å²) in [6.45, 7) is 3.76. The lowest BCUT2D eigenvalue weighted by atomic mass is 9.92. The fourth-order valence-corrected chi connectivity index (χ4v) is 2.18. The van der Waals surface area contributed by atoms with E-state index in [1.54, 1.807) is 7.11 Å². The van der Waals surface area contributed by atoms with E-state index in [4.69, 9.17) is 9.26 Å². The van der Waals surface area contributed by atoms with Gasteiger partial charge >= 0.3 is 0 Å². The first-order valence-electron chi connectivity index (χ1n) is 6.11. The van der Waals surface area contributed by atoms with Crippen LogP contribution >= 0.6 is 0 Å². The van der Waals surface area contributed by atoms with Gasteiger partial charge in [0.05, 0.1) is 24.8 Å². The molecule has 0 spiro atoms. The molecule has 98 valence electrons. The highest BCUT2D eigenvalue weighted by molar-refractivity contribution is 5.41. The van der Waals surface area contributed by atoms with Crippen LogP contribution in [0.1, 0.15) is 28.5 Å². The molecule has 1 atom stereocenters. The summed E-state index contributed by atoms with van der Waals surface area (Å²) in [6.07, 6.45) is 0.581. The minimum Gasteiger partial charge on any atom is -0.496 e. The summed E-state index contributed by atoms with van der Waals surface area (Å²) in [5.74, 6) is 1.24. The normalized spacial score (nSPS) is 11.9. The smallest absolute Gasteiger partial charge is 0.137 e. The maximum atomic E-state index is 9.42. The average molecular weight is 256 g/mol. The van der Waals surface area contributed by atoms with Gasteiger partial charge in [-0.3, -0.25) is 0 Å². The van der Waals surface area contributed by atoms with Gasteiger partial charge < -0.3 is 9.26 Å². The molecule has 0 fully saturated rings. The van der Waals surface area contributed by atoms with Crippen molar-refractivity contribution >= 4 is 0 Å². The van der Waals surface area contributed by atoms with E-state index in [1.165, 1.54) is 0 Å². The second kappa shape index (κ2) is 5.57. The van der Waals surface area contributed by atoms with E-state index < -0.39 is 0 Å². The molecule has 0 bridgehead atoms. The summed E-state index contributed by atoms with van der Waals surface area (Å²) in [6, 6.07) is 9.93. The molecule has 4 nitrogen and oxygen atoms in total. The third-order valence-corrected chi connectivity index (χ3v) is 3.26. The first kappa shape index (κ1) is 13.2. The molecule has 0 saturated heterocycles. The molecule has 0 amide bonds. The lowest BCUT2D eigenvalue weighted by molar-refractivity contribution is 0.392. The molecule has 1 unspecified atom stereocenters. The van der Waals surface area contributed by atoms with Crippen LogP contribution in [0.15, 0.2) is 28.8 Å². The molecule has 1 aromatic carbocycles. The van der Waals surface area contributed by atoms with Crippen molar-refractivity contribution in [2.75, 3.05) is 7.11 Å². The van der Waals surface area contributed by atoms with Crippen LogP contribution in [0.25, 0.3) is 0 Å². The van der Waals surface area contributed by atoms with Gasteiger partial charge in [0.25, 0.3) is 0 Å². The number of rotatable bonds is 4. The van der Waals surface area contributed by atoms with Crippen LogP contribution < -0.4 is 4.74 Å². The van der Waals surface area contributed by atoms with Crippen LogP contribution in [0.4, 0.5) is 0 Å². The van der Waals surface area contributed by atoms with E-state index in [2.05, 4.69) is 11.2 Å². The first-order valence-corrected chi connectivity index (χ1v) is 6.11. The van der Waals surface area contributed by atoms with Crippen molar-refractivity contribution in [2.45, 2.75) is 26.2 Å². The first-order chi connectivity index (χ1) is 9.17. The number of aryl methyl sites for hydroxylation is 2. The average Bonchev–Trinajstić information content (AvgIpc) is 2.76. The van der Waals surface area contributed by atoms with E-state index in [-0.39, 0.29) is 5.92 Å². The Morgan fingerprint density at radius 3 is 2.68 bits per heavy atom.